The van der Waals surface area contributed by atoms with Crippen LogP contribution in [-0.4, -0.2) is 47.3 Å². The van der Waals surface area contributed by atoms with Crippen molar-refractivity contribution in [1.82, 2.24) is 20.0 Å². The molecular weight excluding hydrogens is 424 g/mol. The van der Waals surface area contributed by atoms with Gasteiger partial charge in [0.05, 0.1) is 31.0 Å². The zero-order chi connectivity index (χ0) is 22.5. The molecule has 1 aliphatic heterocycles. The fourth-order valence-electron chi connectivity index (χ4n) is 4.31. The normalized spacial score (nSPS) is 15.0. The second kappa shape index (κ2) is 10.2. The van der Waals surface area contributed by atoms with Crippen LogP contribution >= 0.6 is 11.6 Å². The number of carbonyl (C=O) groups excluding carboxylic acids is 1. The van der Waals surface area contributed by atoms with Gasteiger partial charge in [-0.3, -0.25) is 9.69 Å². The predicted octanol–water partition coefficient (Wildman–Crippen LogP) is 4.47. The van der Waals surface area contributed by atoms with Crippen molar-refractivity contribution in [3.8, 4) is 5.75 Å². The first-order chi connectivity index (χ1) is 15.6. The molecule has 0 aliphatic carbocycles. The number of methoxy groups -OCH3 is 1. The quantitative estimate of drug-likeness (QED) is 0.547. The first-order valence-corrected chi connectivity index (χ1v) is 11.4. The summed E-state index contributed by atoms with van der Waals surface area (Å²) in [6.07, 6.45) is 2.34. The number of ether oxygens (including phenoxy) is 1. The van der Waals surface area contributed by atoms with Gasteiger partial charge in [0.15, 0.2) is 0 Å². The highest BCUT2D eigenvalue weighted by atomic mass is 35.5. The molecule has 0 bridgehead atoms. The van der Waals surface area contributed by atoms with Gasteiger partial charge in [0.2, 0.25) is 0 Å². The minimum atomic E-state index is -0.195. The van der Waals surface area contributed by atoms with Gasteiger partial charge in [-0.05, 0) is 56.1 Å². The molecule has 1 atom stereocenters. The highest BCUT2D eigenvalue weighted by Crippen LogP contribution is 2.28. The molecule has 1 aromatic heterocycles. The van der Waals surface area contributed by atoms with Gasteiger partial charge in [-0.15, -0.1) is 0 Å². The molecule has 1 amide bonds. The maximum Gasteiger partial charge on any atom is 0.256 e. The number of hydrogen-bond donors (Lipinski definition) is 1. The molecule has 4 rings (SSSR count). The van der Waals surface area contributed by atoms with Gasteiger partial charge < -0.3 is 10.1 Å². The van der Waals surface area contributed by atoms with Crippen molar-refractivity contribution in [2.75, 3.05) is 26.7 Å². The van der Waals surface area contributed by atoms with Crippen molar-refractivity contribution in [1.29, 1.82) is 0 Å². The molecule has 0 saturated carbocycles. The molecule has 168 valence electrons. The van der Waals surface area contributed by atoms with Crippen molar-refractivity contribution in [2.24, 2.45) is 0 Å². The maximum absolute atomic E-state index is 13.1. The summed E-state index contributed by atoms with van der Waals surface area (Å²) < 4.78 is 7.09. The summed E-state index contributed by atoms with van der Waals surface area (Å²) in [5.74, 6) is 0.623. The summed E-state index contributed by atoms with van der Waals surface area (Å²) in [5, 5.41) is 7.98. The Morgan fingerprint density at radius 1 is 1.16 bits per heavy atom. The summed E-state index contributed by atoms with van der Waals surface area (Å²) in [7, 11) is 1.67. The second-order valence-corrected chi connectivity index (χ2v) is 8.50. The monoisotopic (exact) mass is 452 g/mol. The van der Waals surface area contributed by atoms with Gasteiger partial charge in [0.25, 0.3) is 5.91 Å². The SMILES string of the molecule is COc1cccc(C(CNC(=O)c2c(C)nn(Cc3ccccc3)c2Cl)N2CCCC2)c1. The molecule has 1 aliphatic rings. The Balaban J connectivity index is 1.50. The average molecular weight is 453 g/mol. The van der Waals surface area contributed by atoms with E-state index < -0.39 is 0 Å². The lowest BCUT2D eigenvalue weighted by atomic mass is 10.0. The Morgan fingerprint density at radius 3 is 2.62 bits per heavy atom. The molecule has 1 unspecified atom stereocenters. The van der Waals surface area contributed by atoms with Crippen LogP contribution in [0.5, 0.6) is 5.75 Å². The fourth-order valence-corrected chi connectivity index (χ4v) is 4.63. The lowest BCUT2D eigenvalue weighted by molar-refractivity contribution is 0.0937. The topological polar surface area (TPSA) is 59.4 Å². The number of aryl methyl sites for hydroxylation is 1. The van der Waals surface area contributed by atoms with E-state index in [-0.39, 0.29) is 11.9 Å². The molecule has 7 heteroatoms. The summed E-state index contributed by atoms with van der Waals surface area (Å²) in [5.41, 5.74) is 3.28. The molecule has 1 saturated heterocycles. The third kappa shape index (κ3) is 4.97. The minimum Gasteiger partial charge on any atom is -0.497 e. The Hall–Kier alpha value is -2.83. The van der Waals surface area contributed by atoms with Gasteiger partial charge >= 0.3 is 0 Å². The number of carbonyl (C=O) groups is 1. The summed E-state index contributed by atoms with van der Waals surface area (Å²) in [6, 6.07) is 18.1. The van der Waals surface area contributed by atoms with Gasteiger partial charge in [-0.25, -0.2) is 4.68 Å². The first-order valence-electron chi connectivity index (χ1n) is 11.0. The molecule has 0 spiro atoms. The van der Waals surface area contributed by atoms with Crippen LogP contribution in [0.25, 0.3) is 0 Å². The Bertz CT molecular complexity index is 1060. The molecule has 1 N–H and O–H groups in total. The average Bonchev–Trinajstić information content (AvgIpc) is 3.43. The van der Waals surface area contributed by atoms with Crippen LogP contribution in [0.2, 0.25) is 5.15 Å². The number of nitrogens with one attached hydrogen (secondary N) is 1. The molecule has 0 radical (unpaired) electrons. The van der Waals surface area contributed by atoms with Crippen LogP contribution < -0.4 is 10.1 Å². The minimum absolute atomic E-state index is 0.0787. The lowest BCUT2D eigenvalue weighted by Gasteiger charge is -2.28. The van der Waals surface area contributed by atoms with Crippen molar-refractivity contribution in [3.63, 3.8) is 0 Å². The molecule has 6 nitrogen and oxygen atoms in total. The van der Waals surface area contributed by atoms with Gasteiger partial charge in [-0.2, -0.15) is 5.10 Å². The molecule has 3 aromatic rings. The first kappa shape index (κ1) is 22.4. The van der Waals surface area contributed by atoms with E-state index in [0.29, 0.717) is 29.5 Å². The van der Waals surface area contributed by atoms with Crippen molar-refractivity contribution < 1.29 is 9.53 Å². The Kier molecular flexibility index (Phi) is 7.12. The van der Waals surface area contributed by atoms with Crippen molar-refractivity contribution in [2.45, 2.75) is 32.4 Å². The van der Waals surface area contributed by atoms with Crippen LogP contribution in [0.4, 0.5) is 0 Å². The lowest BCUT2D eigenvalue weighted by Crippen LogP contribution is -2.37. The number of rotatable bonds is 8. The van der Waals surface area contributed by atoms with Crippen LogP contribution in [0, 0.1) is 6.92 Å². The number of benzene rings is 2. The molecular formula is C25H29ClN4O2. The van der Waals surface area contributed by atoms with E-state index in [9.17, 15) is 4.79 Å². The maximum atomic E-state index is 13.1. The number of likely N-dealkylation sites (tertiary alicyclic amines) is 1. The zero-order valence-corrected chi connectivity index (χ0v) is 19.3. The van der Waals surface area contributed by atoms with Crippen LogP contribution in [-0.2, 0) is 6.54 Å². The zero-order valence-electron chi connectivity index (χ0n) is 18.6. The smallest absolute Gasteiger partial charge is 0.256 e. The number of amides is 1. The van der Waals surface area contributed by atoms with Crippen LogP contribution in [0.1, 0.15) is 46.1 Å². The largest absolute Gasteiger partial charge is 0.497 e. The van der Waals surface area contributed by atoms with Crippen molar-refractivity contribution in [3.05, 3.63) is 82.1 Å². The van der Waals surface area contributed by atoms with E-state index >= 15 is 0 Å². The number of nitrogens with zero attached hydrogens (tertiary/aromatic N) is 3. The van der Waals surface area contributed by atoms with E-state index in [1.54, 1.807) is 11.8 Å². The summed E-state index contributed by atoms with van der Waals surface area (Å²) in [4.78, 5) is 15.6. The fraction of sp³-hybridized carbons (Fsp3) is 0.360. The van der Waals surface area contributed by atoms with Gasteiger partial charge in [0, 0.05) is 6.54 Å². The van der Waals surface area contributed by atoms with Crippen molar-refractivity contribution >= 4 is 17.5 Å². The third-order valence-electron chi connectivity index (χ3n) is 5.98. The van der Waals surface area contributed by atoms with Gasteiger partial charge in [0.1, 0.15) is 10.9 Å². The van der Waals surface area contributed by atoms with E-state index in [2.05, 4.69) is 21.4 Å². The second-order valence-electron chi connectivity index (χ2n) is 8.14. The van der Waals surface area contributed by atoms with Crippen LogP contribution in [0.3, 0.4) is 0 Å². The Labute approximate surface area is 194 Å². The Morgan fingerprint density at radius 2 is 1.91 bits per heavy atom. The summed E-state index contributed by atoms with van der Waals surface area (Å²) in [6.45, 7) is 4.88. The summed E-state index contributed by atoms with van der Waals surface area (Å²) >= 11 is 6.59. The highest BCUT2D eigenvalue weighted by molar-refractivity contribution is 6.33. The molecule has 2 aromatic carbocycles. The van der Waals surface area contributed by atoms with E-state index in [1.807, 2.05) is 55.5 Å². The van der Waals surface area contributed by atoms with E-state index in [4.69, 9.17) is 16.3 Å². The number of aromatic nitrogens is 2. The van der Waals surface area contributed by atoms with E-state index in [0.717, 1.165) is 30.0 Å². The third-order valence-corrected chi connectivity index (χ3v) is 6.37. The van der Waals surface area contributed by atoms with E-state index in [1.165, 1.54) is 12.8 Å². The molecule has 1 fully saturated rings. The standard InChI is InChI=1S/C25H29ClN4O2/c1-18-23(24(26)30(28-18)17-19-9-4-3-5-10-19)25(31)27-16-22(29-13-6-7-14-29)20-11-8-12-21(15-20)32-2/h3-5,8-12,15,22H,6-7,13-14,16-17H2,1-2H3,(H,27,31). The number of halogens is 1. The highest BCUT2D eigenvalue weighted by Gasteiger charge is 2.26. The van der Waals surface area contributed by atoms with Crippen LogP contribution in [0.15, 0.2) is 54.6 Å². The molecule has 2 heterocycles. The predicted molar refractivity (Wildman–Crippen MR) is 126 cm³/mol. The van der Waals surface area contributed by atoms with Gasteiger partial charge in [-0.1, -0.05) is 54.1 Å². The number of hydrogen-bond acceptors (Lipinski definition) is 4. The molecule has 32 heavy (non-hydrogen) atoms.